The summed E-state index contributed by atoms with van der Waals surface area (Å²) in [4.78, 5) is 4.15. The second-order valence-electron chi connectivity index (χ2n) is 6.39. The molecular formula is C17H23N3O. The van der Waals surface area contributed by atoms with E-state index in [2.05, 4.69) is 17.2 Å². The summed E-state index contributed by atoms with van der Waals surface area (Å²) >= 11 is 0. The van der Waals surface area contributed by atoms with E-state index in [9.17, 15) is 5.11 Å². The SMILES string of the molecule is CC1CCCC(CO)(Nc2ccc(N)c3cnccc23)C1. The van der Waals surface area contributed by atoms with Crippen molar-refractivity contribution < 1.29 is 5.11 Å². The summed E-state index contributed by atoms with van der Waals surface area (Å²) in [6, 6.07) is 5.89. The molecule has 4 heteroatoms. The van der Waals surface area contributed by atoms with E-state index in [0.717, 1.165) is 41.4 Å². The van der Waals surface area contributed by atoms with Gasteiger partial charge in [0.1, 0.15) is 0 Å². The summed E-state index contributed by atoms with van der Waals surface area (Å²) in [5.41, 5.74) is 7.58. The molecule has 0 bridgehead atoms. The van der Waals surface area contributed by atoms with Crippen LogP contribution in [0.3, 0.4) is 0 Å². The van der Waals surface area contributed by atoms with Crippen molar-refractivity contribution in [2.24, 2.45) is 5.92 Å². The number of hydrogen-bond acceptors (Lipinski definition) is 4. The first-order valence-electron chi connectivity index (χ1n) is 7.65. The molecule has 2 unspecified atom stereocenters. The van der Waals surface area contributed by atoms with Crippen LogP contribution in [0, 0.1) is 5.92 Å². The lowest BCUT2D eigenvalue weighted by molar-refractivity contribution is 0.150. The molecule has 1 aliphatic carbocycles. The molecular weight excluding hydrogens is 262 g/mol. The molecule has 1 saturated carbocycles. The standard InChI is InChI=1S/C17H23N3O/c1-12-3-2-7-17(9-12,11-21)20-16-5-4-15(18)14-10-19-8-6-13(14)16/h4-6,8,10,12,20-21H,2-3,7,9,11,18H2,1H3. The van der Waals surface area contributed by atoms with Gasteiger partial charge in [-0.2, -0.15) is 0 Å². The molecule has 1 fully saturated rings. The van der Waals surface area contributed by atoms with E-state index in [1.165, 1.54) is 6.42 Å². The van der Waals surface area contributed by atoms with Crippen molar-refractivity contribution >= 4 is 22.1 Å². The first-order valence-corrected chi connectivity index (χ1v) is 7.65. The van der Waals surface area contributed by atoms with Crippen LogP contribution in [0.15, 0.2) is 30.6 Å². The number of benzene rings is 1. The summed E-state index contributed by atoms with van der Waals surface area (Å²) in [6.07, 6.45) is 7.98. The molecule has 2 aromatic rings. The van der Waals surface area contributed by atoms with Gasteiger partial charge in [-0.25, -0.2) is 0 Å². The normalized spacial score (nSPS) is 25.9. The highest BCUT2D eigenvalue weighted by atomic mass is 16.3. The van der Waals surface area contributed by atoms with Crippen LogP contribution < -0.4 is 11.1 Å². The van der Waals surface area contributed by atoms with Crippen molar-refractivity contribution in [2.45, 2.75) is 38.1 Å². The summed E-state index contributed by atoms with van der Waals surface area (Å²) in [6.45, 7) is 2.42. The predicted octanol–water partition coefficient (Wildman–Crippen LogP) is 3.17. The van der Waals surface area contributed by atoms with Gasteiger partial charge in [-0.05, 0) is 37.0 Å². The molecule has 0 saturated heterocycles. The van der Waals surface area contributed by atoms with Crippen LogP contribution in [0.5, 0.6) is 0 Å². The Balaban J connectivity index is 1.99. The molecule has 1 heterocycles. The number of pyridine rings is 1. The minimum atomic E-state index is -0.218. The maximum absolute atomic E-state index is 9.95. The van der Waals surface area contributed by atoms with Crippen LogP contribution in [0.4, 0.5) is 11.4 Å². The number of aromatic nitrogens is 1. The Bertz CT molecular complexity index is 643. The Labute approximate surface area is 125 Å². The Morgan fingerprint density at radius 2 is 2.24 bits per heavy atom. The zero-order valence-electron chi connectivity index (χ0n) is 12.5. The Kier molecular flexibility index (Phi) is 3.72. The summed E-state index contributed by atoms with van der Waals surface area (Å²) in [5, 5.41) is 15.6. The van der Waals surface area contributed by atoms with Crippen LogP contribution in [-0.2, 0) is 0 Å². The molecule has 2 atom stereocenters. The monoisotopic (exact) mass is 285 g/mol. The number of aliphatic hydroxyl groups is 1. The fraction of sp³-hybridized carbons (Fsp3) is 0.471. The maximum Gasteiger partial charge on any atom is 0.0661 e. The number of nitrogens with two attached hydrogens (primary N) is 1. The molecule has 112 valence electrons. The van der Waals surface area contributed by atoms with Crippen molar-refractivity contribution in [1.29, 1.82) is 0 Å². The molecule has 3 rings (SSSR count). The van der Waals surface area contributed by atoms with Gasteiger partial charge < -0.3 is 16.2 Å². The van der Waals surface area contributed by atoms with Gasteiger partial charge in [0.15, 0.2) is 0 Å². The molecule has 1 aromatic heterocycles. The molecule has 0 spiro atoms. The van der Waals surface area contributed by atoms with Crippen LogP contribution in [0.1, 0.15) is 32.6 Å². The molecule has 0 amide bonds. The molecule has 1 aromatic carbocycles. The van der Waals surface area contributed by atoms with Gasteiger partial charge in [-0.1, -0.05) is 19.8 Å². The number of fused-ring (bicyclic) bond motifs is 1. The summed E-state index contributed by atoms with van der Waals surface area (Å²) in [7, 11) is 0. The lowest BCUT2D eigenvalue weighted by atomic mass is 9.76. The van der Waals surface area contributed by atoms with E-state index in [4.69, 9.17) is 5.73 Å². The van der Waals surface area contributed by atoms with Crippen molar-refractivity contribution in [1.82, 2.24) is 4.98 Å². The van der Waals surface area contributed by atoms with E-state index < -0.39 is 0 Å². The second kappa shape index (κ2) is 5.53. The predicted molar refractivity (Wildman–Crippen MR) is 87.2 cm³/mol. The van der Waals surface area contributed by atoms with Gasteiger partial charge in [0.25, 0.3) is 0 Å². The van der Waals surface area contributed by atoms with E-state index in [0.29, 0.717) is 5.92 Å². The third-order valence-corrected chi connectivity index (χ3v) is 4.65. The Hall–Kier alpha value is -1.81. The van der Waals surface area contributed by atoms with Crippen LogP contribution in [0.25, 0.3) is 10.8 Å². The molecule has 1 aliphatic rings. The zero-order chi connectivity index (χ0) is 14.9. The maximum atomic E-state index is 9.95. The van der Waals surface area contributed by atoms with Crippen LogP contribution >= 0.6 is 0 Å². The largest absolute Gasteiger partial charge is 0.398 e. The van der Waals surface area contributed by atoms with Crippen LogP contribution in [0.2, 0.25) is 0 Å². The number of rotatable bonds is 3. The quantitative estimate of drug-likeness (QED) is 0.757. The van der Waals surface area contributed by atoms with Gasteiger partial charge in [0, 0.05) is 34.5 Å². The first-order chi connectivity index (χ1) is 10.1. The fourth-order valence-corrected chi connectivity index (χ4v) is 3.56. The Morgan fingerprint density at radius 3 is 3.00 bits per heavy atom. The molecule has 21 heavy (non-hydrogen) atoms. The number of hydrogen-bond donors (Lipinski definition) is 3. The number of aliphatic hydroxyl groups excluding tert-OH is 1. The fourth-order valence-electron chi connectivity index (χ4n) is 3.56. The lowest BCUT2D eigenvalue weighted by Gasteiger charge is -2.40. The van der Waals surface area contributed by atoms with Crippen molar-refractivity contribution in [3.8, 4) is 0 Å². The van der Waals surface area contributed by atoms with Gasteiger partial charge >= 0.3 is 0 Å². The number of nitrogens with one attached hydrogen (secondary N) is 1. The molecule has 4 N–H and O–H groups in total. The van der Waals surface area contributed by atoms with E-state index in [1.807, 2.05) is 18.2 Å². The van der Waals surface area contributed by atoms with Crippen molar-refractivity contribution in [2.75, 3.05) is 17.7 Å². The second-order valence-corrected chi connectivity index (χ2v) is 6.39. The first kappa shape index (κ1) is 14.1. The minimum Gasteiger partial charge on any atom is -0.398 e. The third-order valence-electron chi connectivity index (χ3n) is 4.65. The van der Waals surface area contributed by atoms with Crippen LogP contribution in [-0.4, -0.2) is 22.2 Å². The number of nitrogen functional groups attached to an aromatic ring is 1. The van der Waals surface area contributed by atoms with Gasteiger partial charge in [-0.15, -0.1) is 0 Å². The summed E-state index contributed by atoms with van der Waals surface area (Å²) in [5.74, 6) is 0.639. The number of nitrogens with zero attached hydrogens (tertiary/aromatic N) is 1. The van der Waals surface area contributed by atoms with Crippen molar-refractivity contribution in [3.63, 3.8) is 0 Å². The number of anilines is 2. The topological polar surface area (TPSA) is 71.2 Å². The van der Waals surface area contributed by atoms with Gasteiger partial charge in [0.05, 0.1) is 12.1 Å². The van der Waals surface area contributed by atoms with E-state index >= 15 is 0 Å². The summed E-state index contributed by atoms with van der Waals surface area (Å²) < 4.78 is 0. The Morgan fingerprint density at radius 1 is 1.38 bits per heavy atom. The zero-order valence-corrected chi connectivity index (χ0v) is 12.5. The highest BCUT2D eigenvalue weighted by molar-refractivity contribution is 6.00. The average molecular weight is 285 g/mol. The van der Waals surface area contributed by atoms with Gasteiger partial charge in [0.2, 0.25) is 0 Å². The molecule has 0 radical (unpaired) electrons. The molecule has 4 nitrogen and oxygen atoms in total. The van der Waals surface area contributed by atoms with Crippen molar-refractivity contribution in [3.05, 3.63) is 30.6 Å². The smallest absolute Gasteiger partial charge is 0.0661 e. The lowest BCUT2D eigenvalue weighted by Crippen LogP contribution is -2.45. The molecule has 0 aliphatic heterocycles. The van der Waals surface area contributed by atoms with E-state index in [-0.39, 0.29) is 12.1 Å². The average Bonchev–Trinajstić information content (AvgIpc) is 2.50. The van der Waals surface area contributed by atoms with E-state index in [1.54, 1.807) is 12.4 Å². The van der Waals surface area contributed by atoms with Gasteiger partial charge in [-0.3, -0.25) is 4.98 Å². The third kappa shape index (κ3) is 2.68. The highest BCUT2D eigenvalue weighted by Gasteiger charge is 2.34. The minimum absolute atomic E-state index is 0.161. The highest BCUT2D eigenvalue weighted by Crippen LogP contribution is 2.37.